The quantitative estimate of drug-likeness (QED) is 0.727. The minimum absolute atomic E-state index is 0.0610. The van der Waals surface area contributed by atoms with Gasteiger partial charge in [0.15, 0.2) is 0 Å². The number of nitrogens with zero attached hydrogens (tertiary/aromatic N) is 1. The van der Waals surface area contributed by atoms with E-state index in [0.29, 0.717) is 18.7 Å². The Kier molecular flexibility index (Phi) is 5.86. The van der Waals surface area contributed by atoms with Crippen LogP contribution in [0.4, 0.5) is 8.78 Å². The van der Waals surface area contributed by atoms with Crippen molar-refractivity contribution in [3.8, 4) is 0 Å². The van der Waals surface area contributed by atoms with E-state index in [1.165, 1.54) is 34.6 Å². The Morgan fingerprint density at radius 1 is 1.00 bits per heavy atom. The number of hydrogen-bond donors (Lipinski definition) is 0. The van der Waals surface area contributed by atoms with Gasteiger partial charge < -0.3 is 4.74 Å². The first-order valence-electron chi connectivity index (χ1n) is 8.59. The van der Waals surface area contributed by atoms with Crippen LogP contribution >= 0.6 is 0 Å². The summed E-state index contributed by atoms with van der Waals surface area (Å²) in [5.74, 6) is -2.10. The highest BCUT2D eigenvalue weighted by Gasteiger charge is 2.29. The topological polar surface area (TPSA) is 63.7 Å². The van der Waals surface area contributed by atoms with Crippen LogP contribution in [0.25, 0.3) is 0 Å². The van der Waals surface area contributed by atoms with Crippen molar-refractivity contribution >= 4 is 16.0 Å². The summed E-state index contributed by atoms with van der Waals surface area (Å²) in [5.41, 5.74) is 0.516. The van der Waals surface area contributed by atoms with E-state index in [4.69, 9.17) is 4.74 Å². The molecule has 0 amide bonds. The number of sulfonamides is 1. The second-order valence-electron chi connectivity index (χ2n) is 6.31. The number of ether oxygens (including phenoxy) is 1. The molecular formula is C19H19F2NO4S. The molecule has 1 aliphatic rings. The Bertz CT molecular complexity index is 923. The first-order valence-corrected chi connectivity index (χ1v) is 10.0. The lowest BCUT2D eigenvalue weighted by atomic mass is 10.2. The first-order chi connectivity index (χ1) is 12.9. The number of piperidine rings is 1. The van der Waals surface area contributed by atoms with E-state index in [-0.39, 0.29) is 12.2 Å². The molecule has 1 heterocycles. The molecule has 0 atom stereocenters. The predicted octanol–water partition coefficient (Wildman–Crippen LogP) is 3.50. The smallest absolute Gasteiger partial charge is 0.338 e. The van der Waals surface area contributed by atoms with Crippen LogP contribution < -0.4 is 0 Å². The van der Waals surface area contributed by atoms with Gasteiger partial charge in [-0.15, -0.1) is 0 Å². The number of hydrogen-bond acceptors (Lipinski definition) is 4. The summed E-state index contributed by atoms with van der Waals surface area (Å²) in [4.78, 5) is 11.7. The molecule has 3 rings (SSSR count). The second-order valence-corrected chi connectivity index (χ2v) is 8.22. The van der Waals surface area contributed by atoms with Crippen molar-refractivity contribution < 1.29 is 26.7 Å². The highest BCUT2D eigenvalue weighted by molar-refractivity contribution is 7.89. The number of halogens is 2. The van der Waals surface area contributed by atoms with E-state index < -0.39 is 32.5 Å². The minimum Gasteiger partial charge on any atom is -0.457 e. The summed E-state index contributed by atoms with van der Waals surface area (Å²) >= 11 is 0. The molecule has 1 aliphatic heterocycles. The molecule has 5 nitrogen and oxygen atoms in total. The van der Waals surface area contributed by atoms with Gasteiger partial charge in [0.25, 0.3) is 0 Å². The van der Waals surface area contributed by atoms with Crippen LogP contribution in [0.3, 0.4) is 0 Å². The van der Waals surface area contributed by atoms with Crippen molar-refractivity contribution in [2.75, 3.05) is 13.1 Å². The number of carbonyl (C=O) groups is 1. The molecule has 2 aromatic rings. The maximum atomic E-state index is 14.2. The van der Waals surface area contributed by atoms with Crippen LogP contribution in [-0.2, 0) is 21.4 Å². The molecule has 0 aliphatic carbocycles. The van der Waals surface area contributed by atoms with E-state index in [0.717, 1.165) is 31.4 Å². The summed E-state index contributed by atoms with van der Waals surface area (Å²) in [7, 11) is -4.01. The van der Waals surface area contributed by atoms with Gasteiger partial charge in [0, 0.05) is 13.1 Å². The Hall–Kier alpha value is -2.32. The van der Waals surface area contributed by atoms with Crippen LogP contribution in [0.5, 0.6) is 0 Å². The van der Waals surface area contributed by atoms with Gasteiger partial charge in [0.05, 0.1) is 5.56 Å². The molecular weight excluding hydrogens is 376 g/mol. The van der Waals surface area contributed by atoms with E-state index in [1.807, 2.05) is 0 Å². The van der Waals surface area contributed by atoms with Crippen LogP contribution in [0.15, 0.2) is 47.4 Å². The summed E-state index contributed by atoms with van der Waals surface area (Å²) in [6, 6.07) is 8.56. The predicted molar refractivity (Wildman–Crippen MR) is 94.5 cm³/mol. The summed E-state index contributed by atoms with van der Waals surface area (Å²) in [6.45, 7) is 0.562. The molecule has 0 radical (unpaired) electrons. The van der Waals surface area contributed by atoms with E-state index in [9.17, 15) is 22.0 Å². The van der Waals surface area contributed by atoms with Gasteiger partial charge in [-0.3, -0.25) is 0 Å². The molecule has 0 bridgehead atoms. The van der Waals surface area contributed by atoms with Crippen molar-refractivity contribution in [2.24, 2.45) is 0 Å². The van der Waals surface area contributed by atoms with E-state index >= 15 is 0 Å². The summed E-state index contributed by atoms with van der Waals surface area (Å²) in [6.07, 6.45) is 2.38. The van der Waals surface area contributed by atoms with E-state index in [1.54, 1.807) is 0 Å². The zero-order chi connectivity index (χ0) is 19.4. The molecule has 0 aromatic heterocycles. The third kappa shape index (κ3) is 4.51. The van der Waals surface area contributed by atoms with Gasteiger partial charge in [0.1, 0.15) is 23.1 Å². The lowest BCUT2D eigenvalue weighted by molar-refractivity contribution is 0.0472. The molecule has 0 saturated carbocycles. The van der Waals surface area contributed by atoms with Crippen molar-refractivity contribution in [2.45, 2.75) is 30.8 Å². The average Bonchev–Trinajstić information content (AvgIpc) is 2.68. The third-order valence-corrected chi connectivity index (χ3v) is 6.30. The van der Waals surface area contributed by atoms with Crippen molar-refractivity contribution in [1.29, 1.82) is 0 Å². The number of rotatable bonds is 5. The highest BCUT2D eigenvalue weighted by atomic mass is 32.2. The Morgan fingerprint density at radius 2 is 1.67 bits per heavy atom. The van der Waals surface area contributed by atoms with Crippen LogP contribution in [-0.4, -0.2) is 31.8 Å². The minimum atomic E-state index is -4.01. The van der Waals surface area contributed by atoms with Gasteiger partial charge >= 0.3 is 5.97 Å². The van der Waals surface area contributed by atoms with Crippen molar-refractivity contribution in [3.63, 3.8) is 0 Å². The Balaban J connectivity index is 1.77. The van der Waals surface area contributed by atoms with Crippen LogP contribution in [0.2, 0.25) is 0 Å². The van der Waals surface area contributed by atoms with Gasteiger partial charge in [0.2, 0.25) is 10.0 Å². The molecule has 144 valence electrons. The zero-order valence-electron chi connectivity index (χ0n) is 14.5. The molecule has 0 unspecified atom stereocenters. The molecule has 8 heteroatoms. The second kappa shape index (κ2) is 8.14. The number of carbonyl (C=O) groups excluding carboxylic acids is 1. The maximum Gasteiger partial charge on any atom is 0.338 e. The molecule has 1 saturated heterocycles. The standard InChI is InChI=1S/C19H19F2NO4S/c20-16-7-4-14(5-8-16)13-26-19(23)15-6-9-17(21)18(12-15)27(24,25)22-10-2-1-3-11-22/h4-9,12H,1-3,10-11,13H2. The summed E-state index contributed by atoms with van der Waals surface area (Å²) in [5, 5.41) is 0. The largest absolute Gasteiger partial charge is 0.457 e. The van der Waals surface area contributed by atoms with Crippen LogP contribution in [0.1, 0.15) is 35.2 Å². The SMILES string of the molecule is O=C(OCc1ccc(F)cc1)c1ccc(F)c(S(=O)(=O)N2CCCCC2)c1. The Morgan fingerprint density at radius 3 is 2.33 bits per heavy atom. The van der Waals surface area contributed by atoms with Crippen molar-refractivity contribution in [1.82, 2.24) is 4.31 Å². The van der Waals surface area contributed by atoms with Gasteiger partial charge in [-0.1, -0.05) is 18.6 Å². The Labute approximate surface area is 156 Å². The number of benzene rings is 2. The molecule has 0 spiro atoms. The fourth-order valence-electron chi connectivity index (χ4n) is 2.89. The van der Waals surface area contributed by atoms with Gasteiger partial charge in [-0.2, -0.15) is 4.31 Å². The first kappa shape index (κ1) is 19.4. The monoisotopic (exact) mass is 395 g/mol. The van der Waals surface area contributed by atoms with Gasteiger partial charge in [-0.25, -0.2) is 22.0 Å². The lowest BCUT2D eigenvalue weighted by Gasteiger charge is -2.26. The molecule has 1 fully saturated rings. The normalized spacial score (nSPS) is 15.5. The lowest BCUT2D eigenvalue weighted by Crippen LogP contribution is -2.36. The van der Waals surface area contributed by atoms with Crippen LogP contribution in [0, 0.1) is 11.6 Å². The fraction of sp³-hybridized carbons (Fsp3) is 0.316. The highest BCUT2D eigenvalue weighted by Crippen LogP contribution is 2.24. The third-order valence-electron chi connectivity index (χ3n) is 4.38. The molecule has 2 aromatic carbocycles. The van der Waals surface area contributed by atoms with Gasteiger partial charge in [-0.05, 0) is 48.7 Å². The maximum absolute atomic E-state index is 14.2. The fourth-order valence-corrected chi connectivity index (χ4v) is 4.49. The summed E-state index contributed by atoms with van der Waals surface area (Å²) < 4.78 is 58.8. The zero-order valence-corrected chi connectivity index (χ0v) is 15.3. The molecule has 0 N–H and O–H groups in total. The molecule has 27 heavy (non-hydrogen) atoms. The van der Waals surface area contributed by atoms with E-state index in [2.05, 4.69) is 0 Å². The van der Waals surface area contributed by atoms with Crippen molar-refractivity contribution in [3.05, 3.63) is 65.2 Å². The number of esters is 1. The average molecular weight is 395 g/mol.